The highest BCUT2D eigenvalue weighted by Gasteiger charge is 2.07. The van der Waals surface area contributed by atoms with E-state index in [1.54, 1.807) is 0 Å². The zero-order valence-electron chi connectivity index (χ0n) is 15.2. The van der Waals surface area contributed by atoms with E-state index in [4.69, 9.17) is 18.9 Å². The molecule has 0 saturated carbocycles. The van der Waals surface area contributed by atoms with Crippen molar-refractivity contribution in [2.24, 2.45) is 0 Å². The molecule has 0 aliphatic heterocycles. The lowest BCUT2D eigenvalue weighted by atomic mass is 10.2. The first-order valence-electron chi connectivity index (χ1n) is 8.91. The molecule has 27 heavy (non-hydrogen) atoms. The molecular weight excluding hydrogens is 348 g/mol. The van der Waals surface area contributed by atoms with Gasteiger partial charge in [-0.2, -0.15) is 0 Å². The van der Waals surface area contributed by atoms with Gasteiger partial charge in [0.1, 0.15) is 37.9 Å². The van der Waals surface area contributed by atoms with Gasteiger partial charge in [0.2, 0.25) is 0 Å². The van der Waals surface area contributed by atoms with E-state index < -0.39 is 0 Å². The van der Waals surface area contributed by atoms with Gasteiger partial charge in [-0.05, 0) is 30.7 Å². The fourth-order valence-corrected chi connectivity index (χ4v) is 2.18. The first kappa shape index (κ1) is 20.3. The molecule has 144 valence electrons. The van der Waals surface area contributed by atoms with Gasteiger partial charge < -0.3 is 18.9 Å². The van der Waals surface area contributed by atoms with E-state index in [-0.39, 0.29) is 38.0 Å². The number of hydrogen-bond donors (Lipinski definition) is 0. The predicted molar refractivity (Wildman–Crippen MR) is 99.6 cm³/mol. The standard InChI is InChI=1S/C21H24O6/c22-20(26-16-14-24-18-8-3-1-4-9-18)12-7-13-21(23)27-17-15-25-19-10-5-2-6-11-19/h1-6,8-11H,7,12-17H2. The normalized spacial score (nSPS) is 10.1. The summed E-state index contributed by atoms with van der Waals surface area (Å²) in [7, 11) is 0. The number of para-hydroxylation sites is 2. The Morgan fingerprint density at radius 2 is 1.00 bits per heavy atom. The topological polar surface area (TPSA) is 71.1 Å². The van der Waals surface area contributed by atoms with Crippen LogP contribution in [0.3, 0.4) is 0 Å². The van der Waals surface area contributed by atoms with Gasteiger partial charge in [-0.1, -0.05) is 36.4 Å². The van der Waals surface area contributed by atoms with Crippen molar-refractivity contribution in [2.75, 3.05) is 26.4 Å². The molecule has 0 radical (unpaired) electrons. The van der Waals surface area contributed by atoms with E-state index in [1.807, 2.05) is 60.7 Å². The third-order valence-electron chi connectivity index (χ3n) is 3.48. The maximum absolute atomic E-state index is 11.6. The van der Waals surface area contributed by atoms with Gasteiger partial charge in [0, 0.05) is 12.8 Å². The Morgan fingerprint density at radius 1 is 0.593 bits per heavy atom. The van der Waals surface area contributed by atoms with Gasteiger partial charge in [-0.15, -0.1) is 0 Å². The maximum atomic E-state index is 11.6. The highest BCUT2D eigenvalue weighted by atomic mass is 16.6. The van der Waals surface area contributed by atoms with Gasteiger partial charge in [0.05, 0.1) is 0 Å². The highest BCUT2D eigenvalue weighted by molar-refractivity contribution is 5.72. The van der Waals surface area contributed by atoms with Crippen molar-refractivity contribution < 1.29 is 28.5 Å². The summed E-state index contributed by atoms with van der Waals surface area (Å²) in [6.07, 6.45) is 0.721. The summed E-state index contributed by atoms with van der Waals surface area (Å²) in [5.41, 5.74) is 0. The Kier molecular flexibility index (Phi) is 9.28. The molecule has 2 aromatic carbocycles. The van der Waals surface area contributed by atoms with E-state index in [9.17, 15) is 9.59 Å². The Bertz CT molecular complexity index is 612. The lowest BCUT2D eigenvalue weighted by Crippen LogP contribution is -2.14. The fourth-order valence-electron chi connectivity index (χ4n) is 2.18. The third kappa shape index (κ3) is 9.30. The number of benzene rings is 2. The molecule has 0 unspecified atom stereocenters. The molecule has 0 aromatic heterocycles. The van der Waals surface area contributed by atoms with Crippen molar-refractivity contribution in [1.29, 1.82) is 0 Å². The molecule has 0 aliphatic rings. The van der Waals surface area contributed by atoms with E-state index in [0.29, 0.717) is 19.6 Å². The van der Waals surface area contributed by atoms with Gasteiger partial charge in [0.15, 0.2) is 0 Å². The van der Waals surface area contributed by atoms with E-state index >= 15 is 0 Å². The molecule has 6 nitrogen and oxygen atoms in total. The lowest BCUT2D eigenvalue weighted by Gasteiger charge is -2.08. The SMILES string of the molecule is O=C(CCCC(=O)OCCOc1ccccc1)OCCOc1ccccc1. The number of hydrogen-bond acceptors (Lipinski definition) is 6. The van der Waals surface area contributed by atoms with Crippen LogP contribution in [0.5, 0.6) is 11.5 Å². The molecule has 0 N–H and O–H groups in total. The molecular formula is C21H24O6. The summed E-state index contributed by atoms with van der Waals surface area (Å²) < 4.78 is 21.0. The summed E-state index contributed by atoms with van der Waals surface area (Å²) >= 11 is 0. The molecule has 0 saturated heterocycles. The van der Waals surface area contributed by atoms with E-state index in [0.717, 1.165) is 11.5 Å². The van der Waals surface area contributed by atoms with Crippen molar-refractivity contribution in [3.63, 3.8) is 0 Å². The van der Waals surface area contributed by atoms with Crippen LogP contribution in [-0.2, 0) is 19.1 Å². The molecule has 0 spiro atoms. The van der Waals surface area contributed by atoms with Crippen LogP contribution in [-0.4, -0.2) is 38.4 Å². The molecule has 0 atom stereocenters. The fraction of sp³-hybridized carbons (Fsp3) is 0.333. The largest absolute Gasteiger partial charge is 0.490 e. The van der Waals surface area contributed by atoms with Gasteiger partial charge in [0.25, 0.3) is 0 Å². The molecule has 0 heterocycles. The van der Waals surface area contributed by atoms with Gasteiger partial charge >= 0.3 is 11.9 Å². The second kappa shape index (κ2) is 12.4. The van der Waals surface area contributed by atoms with Gasteiger partial charge in [-0.3, -0.25) is 9.59 Å². The molecule has 6 heteroatoms. The Morgan fingerprint density at radius 3 is 1.41 bits per heavy atom. The van der Waals surface area contributed by atoms with Crippen LogP contribution in [0.4, 0.5) is 0 Å². The predicted octanol–water partition coefficient (Wildman–Crippen LogP) is 3.40. The average Bonchev–Trinajstić information content (AvgIpc) is 2.70. The van der Waals surface area contributed by atoms with Crippen LogP contribution in [0.15, 0.2) is 60.7 Å². The van der Waals surface area contributed by atoms with Crippen molar-refractivity contribution >= 4 is 11.9 Å². The van der Waals surface area contributed by atoms with Crippen LogP contribution < -0.4 is 9.47 Å². The number of rotatable bonds is 12. The van der Waals surface area contributed by atoms with Crippen molar-refractivity contribution in [3.8, 4) is 11.5 Å². The van der Waals surface area contributed by atoms with Crippen LogP contribution in [0.25, 0.3) is 0 Å². The monoisotopic (exact) mass is 372 g/mol. The molecule has 0 aliphatic carbocycles. The summed E-state index contributed by atoms with van der Waals surface area (Å²) in [4.78, 5) is 23.2. The minimum absolute atomic E-state index is 0.168. The zero-order chi connectivity index (χ0) is 19.2. The number of ether oxygens (including phenoxy) is 4. The number of esters is 2. The Balaban J connectivity index is 1.44. The molecule has 2 aromatic rings. The minimum Gasteiger partial charge on any atom is -0.490 e. The second-order valence-electron chi connectivity index (χ2n) is 5.62. The summed E-state index contributed by atoms with van der Waals surface area (Å²) in [5.74, 6) is 0.749. The summed E-state index contributed by atoms with van der Waals surface area (Å²) in [5, 5.41) is 0. The van der Waals surface area contributed by atoms with Crippen LogP contribution in [0.2, 0.25) is 0 Å². The maximum Gasteiger partial charge on any atom is 0.305 e. The summed E-state index contributed by atoms with van der Waals surface area (Å²) in [6, 6.07) is 18.6. The lowest BCUT2D eigenvalue weighted by molar-refractivity contribution is -0.146. The molecule has 2 rings (SSSR count). The van der Waals surface area contributed by atoms with Crippen molar-refractivity contribution in [3.05, 3.63) is 60.7 Å². The molecule has 0 fully saturated rings. The van der Waals surface area contributed by atoms with Gasteiger partial charge in [-0.25, -0.2) is 0 Å². The van der Waals surface area contributed by atoms with Crippen molar-refractivity contribution in [1.82, 2.24) is 0 Å². The Hall–Kier alpha value is -3.02. The van der Waals surface area contributed by atoms with E-state index in [2.05, 4.69) is 0 Å². The molecule has 0 bridgehead atoms. The quantitative estimate of drug-likeness (QED) is 0.420. The summed E-state index contributed by atoms with van der Waals surface area (Å²) in [6.45, 7) is 0.933. The first-order chi connectivity index (χ1) is 13.2. The highest BCUT2D eigenvalue weighted by Crippen LogP contribution is 2.09. The second-order valence-corrected chi connectivity index (χ2v) is 5.62. The number of carbonyl (C=O) groups excluding carboxylic acids is 2. The Labute approximate surface area is 159 Å². The molecule has 0 amide bonds. The smallest absolute Gasteiger partial charge is 0.305 e. The van der Waals surface area contributed by atoms with Crippen LogP contribution in [0, 0.1) is 0 Å². The van der Waals surface area contributed by atoms with Crippen LogP contribution >= 0.6 is 0 Å². The zero-order valence-corrected chi connectivity index (χ0v) is 15.2. The first-order valence-corrected chi connectivity index (χ1v) is 8.91. The average molecular weight is 372 g/mol. The minimum atomic E-state index is -0.355. The van der Waals surface area contributed by atoms with Crippen LogP contribution in [0.1, 0.15) is 19.3 Å². The third-order valence-corrected chi connectivity index (χ3v) is 3.48. The van der Waals surface area contributed by atoms with Crippen molar-refractivity contribution in [2.45, 2.75) is 19.3 Å². The van der Waals surface area contributed by atoms with E-state index in [1.165, 1.54) is 0 Å². The number of carbonyl (C=O) groups is 2.